The van der Waals surface area contributed by atoms with Crippen molar-refractivity contribution in [2.75, 3.05) is 0 Å². The summed E-state index contributed by atoms with van der Waals surface area (Å²) in [6.07, 6.45) is 0. The van der Waals surface area contributed by atoms with Gasteiger partial charge in [0, 0.05) is 21.1 Å². The van der Waals surface area contributed by atoms with Gasteiger partial charge in [-0.1, -0.05) is 24.3 Å². The third kappa shape index (κ3) is 1.81. The first-order valence-electron chi connectivity index (χ1n) is 4.93. The Morgan fingerprint density at radius 2 is 1.69 bits per heavy atom. The fourth-order valence-corrected chi connectivity index (χ4v) is 2.51. The molecule has 0 saturated heterocycles. The fraction of sp³-hybridized carbons (Fsp3) is 0. The maximum Gasteiger partial charge on any atom is 0 e. The number of fused-ring (bicyclic) bond motifs is 2. The molecule has 0 aromatic heterocycles. The van der Waals surface area contributed by atoms with Crippen molar-refractivity contribution in [2.45, 2.75) is 0 Å². The van der Waals surface area contributed by atoms with Gasteiger partial charge in [0.2, 0.25) is 0 Å². The predicted molar refractivity (Wildman–Crippen MR) is 69.6 cm³/mol. The second-order valence-electron chi connectivity index (χ2n) is 3.66. The van der Waals surface area contributed by atoms with Crippen molar-refractivity contribution in [3.05, 3.63) is 54.6 Å². The predicted octanol–water partition coefficient (Wildman–Crippen LogP) is 3.29. The van der Waals surface area contributed by atoms with Crippen LogP contribution in [0.5, 0.6) is 0 Å². The van der Waals surface area contributed by atoms with Gasteiger partial charge in [-0.3, -0.25) is 0 Å². The molecule has 0 spiro atoms. The Bertz CT molecular complexity index is 592. The van der Waals surface area contributed by atoms with Gasteiger partial charge in [-0.05, 0) is 16.1 Å². The summed E-state index contributed by atoms with van der Waals surface area (Å²) >= 11 is 0. The van der Waals surface area contributed by atoms with Crippen LogP contribution < -0.4 is 5.30 Å². The number of hydrogen-bond donors (Lipinski definition) is 0. The second kappa shape index (κ2) is 4.66. The van der Waals surface area contributed by atoms with Crippen molar-refractivity contribution in [1.29, 1.82) is 0 Å². The van der Waals surface area contributed by atoms with Gasteiger partial charge in [-0.15, -0.1) is 26.1 Å². The molecule has 0 amide bonds. The molecule has 0 N–H and O–H groups in total. The molecule has 1 atom stereocenters. The number of hydrogen-bond acceptors (Lipinski definition) is 0. The molecular formula is C14H10PW-. The van der Waals surface area contributed by atoms with E-state index in [1.807, 2.05) is 12.1 Å². The average molecular weight is 393 g/mol. The van der Waals surface area contributed by atoms with E-state index >= 15 is 0 Å². The van der Waals surface area contributed by atoms with Crippen molar-refractivity contribution in [2.24, 2.45) is 0 Å². The Morgan fingerprint density at radius 1 is 0.938 bits per heavy atom. The van der Waals surface area contributed by atoms with Gasteiger partial charge < -0.3 is 0 Å². The van der Waals surface area contributed by atoms with Gasteiger partial charge in [-0.2, -0.15) is 24.3 Å². The van der Waals surface area contributed by atoms with Gasteiger partial charge in [0.05, 0.1) is 0 Å². The molecular weight excluding hydrogens is 383 g/mol. The van der Waals surface area contributed by atoms with Crippen molar-refractivity contribution >= 4 is 36.1 Å². The van der Waals surface area contributed by atoms with E-state index in [1.165, 1.54) is 26.8 Å². The molecule has 0 aliphatic carbocycles. The monoisotopic (exact) mass is 393 g/mol. The summed E-state index contributed by atoms with van der Waals surface area (Å²) in [5.74, 6) is 0. The van der Waals surface area contributed by atoms with E-state index in [2.05, 4.69) is 51.7 Å². The van der Waals surface area contributed by atoms with E-state index in [0.29, 0.717) is 0 Å². The first kappa shape index (κ1) is 11.8. The zero-order valence-corrected chi connectivity index (χ0v) is 12.7. The fourth-order valence-electron chi connectivity index (χ4n) is 1.99. The standard InChI is InChI=1S/C14H10P.W/c15-14-12-7-3-1-5-10(12)9-11-6-2-4-8-13(11)14;/h1,3-9H,15H2;/q-1;. The van der Waals surface area contributed by atoms with Crippen LogP contribution in [0.1, 0.15) is 0 Å². The molecule has 1 unspecified atom stereocenters. The minimum absolute atomic E-state index is 0. The van der Waals surface area contributed by atoms with Crippen LogP contribution in [0.25, 0.3) is 21.5 Å². The zero-order valence-electron chi connectivity index (χ0n) is 8.60. The second-order valence-corrected chi connectivity index (χ2v) is 4.24. The first-order valence-corrected chi connectivity index (χ1v) is 5.51. The maximum absolute atomic E-state index is 3.12. The topological polar surface area (TPSA) is 0 Å². The molecule has 0 saturated carbocycles. The molecule has 0 nitrogen and oxygen atoms in total. The van der Waals surface area contributed by atoms with Crippen LogP contribution >= 0.6 is 9.24 Å². The van der Waals surface area contributed by atoms with Crippen LogP contribution in [-0.4, -0.2) is 0 Å². The molecule has 0 radical (unpaired) electrons. The number of benzene rings is 3. The maximum atomic E-state index is 3.12. The van der Waals surface area contributed by atoms with Crippen LogP contribution in [-0.2, 0) is 21.1 Å². The Kier molecular flexibility index (Phi) is 3.43. The number of rotatable bonds is 0. The van der Waals surface area contributed by atoms with Crippen molar-refractivity contribution in [1.82, 2.24) is 0 Å². The van der Waals surface area contributed by atoms with Gasteiger partial charge in [0.15, 0.2) is 0 Å². The first-order chi connectivity index (χ1) is 7.36. The van der Waals surface area contributed by atoms with Crippen LogP contribution in [0, 0.1) is 6.07 Å². The molecule has 16 heavy (non-hydrogen) atoms. The summed E-state index contributed by atoms with van der Waals surface area (Å²) in [6, 6.07) is 19.9. The van der Waals surface area contributed by atoms with Gasteiger partial charge >= 0.3 is 0 Å². The zero-order chi connectivity index (χ0) is 10.3. The largest absolute Gasteiger partial charge is 0.183 e. The van der Waals surface area contributed by atoms with E-state index in [9.17, 15) is 0 Å². The third-order valence-electron chi connectivity index (χ3n) is 2.75. The molecule has 0 aliphatic rings. The van der Waals surface area contributed by atoms with Crippen LogP contribution in [0.2, 0.25) is 0 Å². The van der Waals surface area contributed by atoms with E-state index in [4.69, 9.17) is 0 Å². The summed E-state index contributed by atoms with van der Waals surface area (Å²) in [5.41, 5.74) is 0. The SMILES string of the molecule is Pc1c2cc[c-]cc2cc2ccccc12.[W]. The van der Waals surface area contributed by atoms with E-state index in [0.717, 1.165) is 0 Å². The molecule has 0 heterocycles. The summed E-state index contributed by atoms with van der Waals surface area (Å²) < 4.78 is 0. The molecule has 0 aliphatic heterocycles. The van der Waals surface area contributed by atoms with E-state index in [1.54, 1.807) is 0 Å². The average Bonchev–Trinajstić information content (AvgIpc) is 2.30. The van der Waals surface area contributed by atoms with Crippen LogP contribution in [0.15, 0.2) is 48.5 Å². The van der Waals surface area contributed by atoms with E-state index < -0.39 is 0 Å². The molecule has 2 heteroatoms. The Hall–Kier alpha value is -0.702. The molecule has 0 bridgehead atoms. The summed E-state index contributed by atoms with van der Waals surface area (Å²) in [5, 5.41) is 6.41. The Morgan fingerprint density at radius 3 is 2.56 bits per heavy atom. The Balaban J connectivity index is 0.000000963. The van der Waals surface area contributed by atoms with E-state index in [-0.39, 0.29) is 21.1 Å². The molecule has 3 aromatic rings. The minimum Gasteiger partial charge on any atom is -0.183 e. The molecule has 78 valence electrons. The third-order valence-corrected chi connectivity index (χ3v) is 3.37. The van der Waals surface area contributed by atoms with Gasteiger partial charge in [0.1, 0.15) is 0 Å². The van der Waals surface area contributed by atoms with Crippen LogP contribution in [0.3, 0.4) is 0 Å². The van der Waals surface area contributed by atoms with Gasteiger partial charge in [0.25, 0.3) is 0 Å². The molecule has 0 fully saturated rings. The van der Waals surface area contributed by atoms with Crippen molar-refractivity contribution in [3.8, 4) is 0 Å². The summed E-state index contributed by atoms with van der Waals surface area (Å²) in [6.45, 7) is 0. The normalized spacial score (nSPS) is 10.3. The minimum atomic E-state index is 0. The summed E-state index contributed by atoms with van der Waals surface area (Å²) in [4.78, 5) is 0. The van der Waals surface area contributed by atoms with Crippen LogP contribution in [0.4, 0.5) is 0 Å². The summed E-state index contributed by atoms with van der Waals surface area (Å²) in [7, 11) is 2.84. The van der Waals surface area contributed by atoms with Crippen molar-refractivity contribution in [3.63, 3.8) is 0 Å². The molecule has 3 rings (SSSR count). The molecule has 3 aromatic carbocycles. The smallest absolute Gasteiger partial charge is 0 e. The quantitative estimate of drug-likeness (QED) is 0.313. The van der Waals surface area contributed by atoms with Crippen molar-refractivity contribution < 1.29 is 21.1 Å². The van der Waals surface area contributed by atoms with Gasteiger partial charge in [-0.25, -0.2) is 0 Å². The Labute approximate surface area is 112 Å².